The van der Waals surface area contributed by atoms with E-state index in [4.69, 9.17) is 5.73 Å². The first kappa shape index (κ1) is 20.4. The van der Waals surface area contributed by atoms with Crippen LogP contribution >= 0.6 is 11.8 Å². The lowest BCUT2D eigenvalue weighted by Crippen LogP contribution is -2.42. The van der Waals surface area contributed by atoms with E-state index in [2.05, 4.69) is 10.6 Å². The van der Waals surface area contributed by atoms with Crippen LogP contribution in [0, 0.1) is 0 Å². The summed E-state index contributed by atoms with van der Waals surface area (Å²) in [5.74, 6) is -1.44. The van der Waals surface area contributed by atoms with Gasteiger partial charge in [0.05, 0.1) is 11.4 Å². The van der Waals surface area contributed by atoms with Crippen molar-refractivity contribution < 1.29 is 19.2 Å². The van der Waals surface area contributed by atoms with Crippen LogP contribution in [0.4, 0.5) is 10.5 Å². The Kier molecular flexibility index (Phi) is 5.88. The predicted molar refractivity (Wildman–Crippen MR) is 109 cm³/mol. The van der Waals surface area contributed by atoms with Crippen molar-refractivity contribution in [3.8, 4) is 0 Å². The zero-order valence-corrected chi connectivity index (χ0v) is 16.5. The predicted octanol–water partition coefficient (Wildman–Crippen LogP) is 1.67. The van der Waals surface area contributed by atoms with E-state index in [1.807, 2.05) is 6.07 Å². The Morgan fingerprint density at radius 2 is 1.76 bits per heavy atom. The van der Waals surface area contributed by atoms with Gasteiger partial charge in [-0.15, -0.1) is 11.8 Å². The summed E-state index contributed by atoms with van der Waals surface area (Å²) in [5.41, 5.74) is 5.05. The number of primary amides is 1. The van der Waals surface area contributed by atoms with Gasteiger partial charge in [-0.3, -0.25) is 19.3 Å². The summed E-state index contributed by atoms with van der Waals surface area (Å²) in [6, 6.07) is 15.1. The molecule has 5 amide bonds. The van der Waals surface area contributed by atoms with Gasteiger partial charge in [0.2, 0.25) is 11.8 Å². The molecule has 0 aliphatic carbocycles. The molecule has 0 aromatic heterocycles. The lowest BCUT2D eigenvalue weighted by atomic mass is 9.92. The van der Waals surface area contributed by atoms with Gasteiger partial charge < -0.3 is 16.4 Å². The van der Waals surface area contributed by atoms with Crippen LogP contribution in [0.5, 0.6) is 0 Å². The van der Waals surface area contributed by atoms with E-state index in [-0.39, 0.29) is 5.75 Å². The first-order chi connectivity index (χ1) is 13.8. The summed E-state index contributed by atoms with van der Waals surface area (Å²) in [6.07, 6.45) is 0. The Morgan fingerprint density at radius 1 is 1.10 bits per heavy atom. The molecule has 3 rings (SSSR count). The smallest absolute Gasteiger partial charge is 0.325 e. The Labute approximate surface area is 171 Å². The van der Waals surface area contributed by atoms with Gasteiger partial charge in [-0.1, -0.05) is 42.5 Å². The number of thioether (sulfide) groups is 1. The third-order valence-electron chi connectivity index (χ3n) is 4.46. The van der Waals surface area contributed by atoms with Crippen LogP contribution < -0.4 is 16.4 Å². The molecule has 0 saturated carbocycles. The van der Waals surface area contributed by atoms with E-state index >= 15 is 0 Å². The van der Waals surface area contributed by atoms with Crippen molar-refractivity contribution >= 4 is 41.2 Å². The minimum absolute atomic E-state index is 0.0648. The van der Waals surface area contributed by atoms with E-state index < -0.39 is 35.8 Å². The molecule has 1 atom stereocenters. The number of carbonyl (C=O) groups is 4. The van der Waals surface area contributed by atoms with Crippen LogP contribution in [0.25, 0.3) is 0 Å². The molecule has 8 nitrogen and oxygen atoms in total. The topological polar surface area (TPSA) is 122 Å². The standard InChI is InChI=1S/C20H20N4O4S/c1-20(13-7-3-2-4-8-13)18(27)24(19(28)23-20)11-17(26)22-14-9-5-6-10-15(14)29-12-16(21)25/h2-10H,11-12H2,1H3,(H2,21,25)(H,22,26)(H,23,28). The Bertz CT molecular complexity index is 966. The van der Waals surface area contributed by atoms with Crippen LogP contribution in [0.3, 0.4) is 0 Å². The number of nitrogens with two attached hydrogens (primary N) is 1. The van der Waals surface area contributed by atoms with Crippen LogP contribution in [0.1, 0.15) is 12.5 Å². The van der Waals surface area contributed by atoms with Crippen LogP contribution in [-0.4, -0.2) is 41.0 Å². The summed E-state index contributed by atoms with van der Waals surface area (Å²) < 4.78 is 0. The maximum absolute atomic E-state index is 12.9. The molecule has 150 valence electrons. The molecular formula is C20H20N4O4S. The number of rotatable bonds is 7. The molecule has 2 aromatic rings. The summed E-state index contributed by atoms with van der Waals surface area (Å²) >= 11 is 1.19. The van der Waals surface area contributed by atoms with Gasteiger partial charge >= 0.3 is 6.03 Å². The summed E-state index contributed by atoms with van der Waals surface area (Å²) in [6.45, 7) is 1.18. The maximum Gasteiger partial charge on any atom is 0.325 e. The van der Waals surface area contributed by atoms with Gasteiger partial charge in [-0.05, 0) is 24.6 Å². The normalized spacial score (nSPS) is 18.4. The summed E-state index contributed by atoms with van der Waals surface area (Å²) in [7, 11) is 0. The van der Waals surface area contributed by atoms with Gasteiger partial charge in [-0.25, -0.2) is 4.79 Å². The molecule has 4 N–H and O–H groups in total. The van der Waals surface area contributed by atoms with Crippen molar-refractivity contribution in [3.63, 3.8) is 0 Å². The van der Waals surface area contributed by atoms with E-state index in [0.717, 1.165) is 4.90 Å². The van der Waals surface area contributed by atoms with Crippen molar-refractivity contribution in [1.29, 1.82) is 0 Å². The third-order valence-corrected chi connectivity index (χ3v) is 5.55. The Morgan fingerprint density at radius 3 is 2.45 bits per heavy atom. The highest BCUT2D eigenvalue weighted by molar-refractivity contribution is 8.00. The van der Waals surface area contributed by atoms with Gasteiger partial charge in [-0.2, -0.15) is 0 Å². The second kappa shape index (κ2) is 8.36. The highest BCUT2D eigenvalue weighted by Crippen LogP contribution is 2.29. The molecule has 1 fully saturated rings. The fraction of sp³-hybridized carbons (Fsp3) is 0.200. The fourth-order valence-electron chi connectivity index (χ4n) is 2.99. The van der Waals surface area contributed by atoms with Crippen molar-refractivity contribution in [2.75, 3.05) is 17.6 Å². The number of anilines is 1. The van der Waals surface area contributed by atoms with Gasteiger partial charge in [0.25, 0.3) is 5.91 Å². The number of nitrogens with one attached hydrogen (secondary N) is 2. The molecule has 1 saturated heterocycles. The van der Waals surface area contributed by atoms with E-state index in [0.29, 0.717) is 16.1 Å². The number of carbonyl (C=O) groups excluding carboxylic acids is 4. The van der Waals surface area contributed by atoms with Crippen molar-refractivity contribution in [2.24, 2.45) is 5.73 Å². The molecule has 0 bridgehead atoms. The quantitative estimate of drug-likeness (QED) is 0.472. The van der Waals surface area contributed by atoms with Gasteiger partial charge in [0.15, 0.2) is 0 Å². The number of imide groups is 1. The average Bonchev–Trinajstić information content (AvgIpc) is 2.92. The average molecular weight is 412 g/mol. The molecule has 2 aromatic carbocycles. The lowest BCUT2D eigenvalue weighted by molar-refractivity contribution is -0.133. The monoisotopic (exact) mass is 412 g/mol. The number of para-hydroxylation sites is 1. The Balaban J connectivity index is 1.71. The second-order valence-corrected chi connectivity index (χ2v) is 7.63. The highest BCUT2D eigenvalue weighted by Gasteiger charge is 2.49. The number of hydrogen-bond donors (Lipinski definition) is 3. The first-order valence-corrected chi connectivity index (χ1v) is 9.79. The number of hydrogen-bond acceptors (Lipinski definition) is 5. The van der Waals surface area contributed by atoms with Gasteiger partial charge in [0.1, 0.15) is 12.1 Å². The largest absolute Gasteiger partial charge is 0.369 e. The number of amides is 5. The van der Waals surface area contributed by atoms with E-state index in [1.165, 1.54) is 11.8 Å². The molecular weight excluding hydrogens is 392 g/mol. The van der Waals surface area contributed by atoms with Gasteiger partial charge in [0, 0.05) is 4.90 Å². The minimum Gasteiger partial charge on any atom is -0.369 e. The number of benzene rings is 2. The third kappa shape index (κ3) is 4.40. The minimum atomic E-state index is -1.23. The van der Waals surface area contributed by atoms with E-state index in [1.54, 1.807) is 55.5 Å². The number of nitrogens with zero attached hydrogens (tertiary/aromatic N) is 1. The molecule has 1 unspecified atom stereocenters. The molecule has 0 spiro atoms. The highest BCUT2D eigenvalue weighted by atomic mass is 32.2. The zero-order valence-electron chi connectivity index (χ0n) is 15.7. The molecule has 29 heavy (non-hydrogen) atoms. The first-order valence-electron chi connectivity index (χ1n) is 8.81. The molecule has 1 aliphatic heterocycles. The van der Waals surface area contributed by atoms with Crippen molar-refractivity contribution in [1.82, 2.24) is 10.2 Å². The fourth-order valence-corrected chi connectivity index (χ4v) is 3.73. The van der Waals surface area contributed by atoms with Crippen molar-refractivity contribution in [3.05, 3.63) is 60.2 Å². The number of urea groups is 1. The molecule has 0 radical (unpaired) electrons. The van der Waals surface area contributed by atoms with Crippen molar-refractivity contribution in [2.45, 2.75) is 17.4 Å². The summed E-state index contributed by atoms with van der Waals surface area (Å²) in [5, 5.41) is 5.35. The second-order valence-electron chi connectivity index (χ2n) is 6.61. The summed E-state index contributed by atoms with van der Waals surface area (Å²) in [4.78, 5) is 50.3. The maximum atomic E-state index is 12.9. The SMILES string of the molecule is CC1(c2ccccc2)NC(=O)N(CC(=O)Nc2ccccc2SCC(N)=O)C1=O. The van der Waals surface area contributed by atoms with E-state index in [9.17, 15) is 19.2 Å². The molecule has 9 heteroatoms. The molecule has 1 heterocycles. The zero-order chi connectivity index (χ0) is 21.0. The van der Waals surface area contributed by atoms with Crippen LogP contribution in [0.2, 0.25) is 0 Å². The molecule has 1 aliphatic rings. The van der Waals surface area contributed by atoms with Crippen LogP contribution in [-0.2, 0) is 19.9 Å². The lowest BCUT2D eigenvalue weighted by Gasteiger charge is -2.22. The van der Waals surface area contributed by atoms with Crippen LogP contribution in [0.15, 0.2) is 59.5 Å². The Hall–Kier alpha value is -3.33.